The number of pyridine rings is 1. The van der Waals surface area contributed by atoms with Crippen LogP contribution in [-0.2, 0) is 0 Å². The molecule has 0 radical (unpaired) electrons. The van der Waals surface area contributed by atoms with E-state index in [0.717, 1.165) is 27.9 Å². The zero-order valence-electron chi connectivity index (χ0n) is 10.7. The average molecular weight is 230 g/mol. The van der Waals surface area contributed by atoms with Crippen LogP contribution in [0.2, 0.25) is 0 Å². The van der Waals surface area contributed by atoms with E-state index in [0.29, 0.717) is 0 Å². The molecule has 0 spiro atoms. The molecule has 90 valence electrons. The lowest BCUT2D eigenvalue weighted by atomic mass is 10.0. The summed E-state index contributed by atoms with van der Waals surface area (Å²) in [5, 5.41) is 1.03. The number of nitrogens with two attached hydrogens (primary N) is 1. The van der Waals surface area contributed by atoms with Crippen molar-refractivity contribution < 1.29 is 4.74 Å². The quantitative estimate of drug-likeness (QED) is 0.863. The Kier molecular flexibility index (Phi) is 3.03. The highest BCUT2D eigenvalue weighted by atomic mass is 16.5. The highest BCUT2D eigenvalue weighted by Gasteiger charge is 2.12. The third-order valence-corrected chi connectivity index (χ3v) is 2.89. The van der Waals surface area contributed by atoms with Gasteiger partial charge in [-0.2, -0.15) is 0 Å². The molecule has 0 bridgehead atoms. The van der Waals surface area contributed by atoms with E-state index in [-0.39, 0.29) is 6.04 Å². The van der Waals surface area contributed by atoms with Crippen molar-refractivity contribution in [3.8, 4) is 5.75 Å². The van der Waals surface area contributed by atoms with Crippen LogP contribution >= 0.6 is 0 Å². The van der Waals surface area contributed by atoms with E-state index in [2.05, 4.69) is 24.0 Å². The number of hydrogen-bond donors (Lipinski definition) is 1. The van der Waals surface area contributed by atoms with Gasteiger partial charge in [0.2, 0.25) is 0 Å². The summed E-state index contributed by atoms with van der Waals surface area (Å²) in [6.45, 7) is 6.00. The van der Waals surface area contributed by atoms with Gasteiger partial charge in [-0.3, -0.25) is 4.98 Å². The molecule has 1 atom stereocenters. The molecule has 1 aromatic heterocycles. The molecule has 2 rings (SSSR count). The first-order valence-corrected chi connectivity index (χ1v) is 5.74. The number of aryl methyl sites for hydroxylation is 2. The second-order valence-corrected chi connectivity index (χ2v) is 4.50. The van der Waals surface area contributed by atoms with E-state index in [1.54, 1.807) is 7.11 Å². The molecule has 0 aliphatic rings. The number of rotatable bonds is 2. The molecule has 0 saturated carbocycles. The van der Waals surface area contributed by atoms with Crippen LogP contribution in [0.25, 0.3) is 10.9 Å². The maximum Gasteiger partial charge on any atom is 0.130 e. The van der Waals surface area contributed by atoms with Gasteiger partial charge in [0.25, 0.3) is 0 Å². The highest BCUT2D eigenvalue weighted by Crippen LogP contribution is 2.30. The maximum atomic E-state index is 6.01. The minimum absolute atomic E-state index is 0.0311. The Labute approximate surface area is 102 Å². The molecule has 0 fully saturated rings. The van der Waals surface area contributed by atoms with Gasteiger partial charge in [-0.15, -0.1) is 0 Å². The van der Waals surface area contributed by atoms with E-state index in [1.165, 1.54) is 5.56 Å². The van der Waals surface area contributed by atoms with Crippen molar-refractivity contribution in [2.75, 3.05) is 7.11 Å². The normalized spacial score (nSPS) is 12.8. The van der Waals surface area contributed by atoms with Gasteiger partial charge in [0, 0.05) is 23.2 Å². The average Bonchev–Trinajstić information content (AvgIpc) is 2.27. The second kappa shape index (κ2) is 4.34. The van der Waals surface area contributed by atoms with Crippen LogP contribution in [-0.4, -0.2) is 12.1 Å². The third-order valence-electron chi connectivity index (χ3n) is 2.89. The van der Waals surface area contributed by atoms with Gasteiger partial charge in [0.05, 0.1) is 12.6 Å². The summed E-state index contributed by atoms with van der Waals surface area (Å²) >= 11 is 0. The van der Waals surface area contributed by atoms with E-state index in [1.807, 2.05) is 19.9 Å². The summed E-state index contributed by atoms with van der Waals surface area (Å²) in [4.78, 5) is 4.59. The molecular formula is C14H18N2O. The third kappa shape index (κ3) is 2.11. The van der Waals surface area contributed by atoms with Crippen LogP contribution in [0.3, 0.4) is 0 Å². The molecule has 0 amide bonds. The van der Waals surface area contributed by atoms with E-state index < -0.39 is 0 Å². The molecule has 1 unspecified atom stereocenters. The van der Waals surface area contributed by atoms with E-state index in [4.69, 9.17) is 10.5 Å². The van der Waals surface area contributed by atoms with Crippen LogP contribution < -0.4 is 10.5 Å². The zero-order valence-corrected chi connectivity index (χ0v) is 10.7. The molecule has 1 heterocycles. The van der Waals surface area contributed by atoms with Crippen molar-refractivity contribution in [3.63, 3.8) is 0 Å². The summed E-state index contributed by atoms with van der Waals surface area (Å²) in [6, 6.07) is 6.11. The SMILES string of the molecule is COc1cc(C)nc2c(C(C)N)cc(C)cc12. The van der Waals surface area contributed by atoms with Crippen molar-refractivity contribution >= 4 is 10.9 Å². The lowest BCUT2D eigenvalue weighted by Crippen LogP contribution is -2.07. The Morgan fingerprint density at radius 2 is 1.94 bits per heavy atom. The Morgan fingerprint density at radius 3 is 2.53 bits per heavy atom. The number of methoxy groups -OCH3 is 1. The van der Waals surface area contributed by atoms with Gasteiger partial charge in [0.15, 0.2) is 0 Å². The number of fused-ring (bicyclic) bond motifs is 1. The van der Waals surface area contributed by atoms with Crippen molar-refractivity contribution in [1.29, 1.82) is 0 Å². The summed E-state index contributed by atoms with van der Waals surface area (Å²) < 4.78 is 5.42. The van der Waals surface area contributed by atoms with Crippen LogP contribution in [0.15, 0.2) is 18.2 Å². The minimum atomic E-state index is -0.0311. The lowest BCUT2D eigenvalue weighted by molar-refractivity contribution is 0.419. The van der Waals surface area contributed by atoms with Crippen LogP contribution in [0.5, 0.6) is 5.75 Å². The molecule has 2 aromatic rings. The zero-order chi connectivity index (χ0) is 12.6. The molecule has 17 heavy (non-hydrogen) atoms. The molecule has 1 aromatic carbocycles. The fraction of sp³-hybridized carbons (Fsp3) is 0.357. The van der Waals surface area contributed by atoms with Crippen molar-refractivity contribution in [2.24, 2.45) is 5.73 Å². The predicted molar refractivity (Wildman–Crippen MR) is 70.4 cm³/mol. The van der Waals surface area contributed by atoms with E-state index >= 15 is 0 Å². The number of hydrogen-bond acceptors (Lipinski definition) is 3. The minimum Gasteiger partial charge on any atom is -0.496 e. The molecule has 3 nitrogen and oxygen atoms in total. The smallest absolute Gasteiger partial charge is 0.130 e. The number of ether oxygens (including phenoxy) is 1. The number of aromatic nitrogens is 1. The first-order chi connectivity index (χ1) is 8.02. The Hall–Kier alpha value is -1.61. The molecule has 2 N–H and O–H groups in total. The molecule has 0 aliphatic carbocycles. The largest absolute Gasteiger partial charge is 0.496 e. The monoisotopic (exact) mass is 230 g/mol. The standard InChI is InChI=1S/C14H18N2O/c1-8-5-11(10(3)15)14-12(6-8)13(17-4)7-9(2)16-14/h5-7,10H,15H2,1-4H3. The van der Waals surface area contributed by atoms with Gasteiger partial charge >= 0.3 is 0 Å². The maximum absolute atomic E-state index is 6.01. The van der Waals surface area contributed by atoms with Gasteiger partial charge < -0.3 is 10.5 Å². The van der Waals surface area contributed by atoms with Crippen molar-refractivity contribution in [2.45, 2.75) is 26.8 Å². The summed E-state index contributed by atoms with van der Waals surface area (Å²) in [7, 11) is 1.68. The predicted octanol–water partition coefficient (Wildman–Crippen LogP) is 2.88. The molecule has 0 saturated heterocycles. The highest BCUT2D eigenvalue weighted by molar-refractivity contribution is 5.89. The van der Waals surface area contributed by atoms with Crippen LogP contribution in [0.4, 0.5) is 0 Å². The Bertz CT molecular complexity index is 562. The van der Waals surface area contributed by atoms with Gasteiger partial charge in [-0.1, -0.05) is 6.07 Å². The first-order valence-electron chi connectivity index (χ1n) is 5.74. The summed E-state index contributed by atoms with van der Waals surface area (Å²) in [5.74, 6) is 0.859. The van der Waals surface area contributed by atoms with Crippen LogP contribution in [0.1, 0.15) is 29.8 Å². The van der Waals surface area contributed by atoms with E-state index in [9.17, 15) is 0 Å². The summed E-state index contributed by atoms with van der Waals surface area (Å²) in [6.07, 6.45) is 0. The second-order valence-electron chi connectivity index (χ2n) is 4.50. The fourth-order valence-corrected chi connectivity index (χ4v) is 2.11. The lowest BCUT2D eigenvalue weighted by Gasteiger charge is -2.14. The van der Waals surface area contributed by atoms with Crippen molar-refractivity contribution in [3.05, 3.63) is 35.0 Å². The molecular weight excluding hydrogens is 212 g/mol. The number of nitrogens with zero attached hydrogens (tertiary/aromatic N) is 1. The van der Waals surface area contributed by atoms with Gasteiger partial charge in [-0.25, -0.2) is 0 Å². The summed E-state index contributed by atoms with van der Waals surface area (Å²) in [5.41, 5.74) is 10.1. The van der Waals surface area contributed by atoms with Crippen LogP contribution in [0, 0.1) is 13.8 Å². The Morgan fingerprint density at radius 1 is 1.24 bits per heavy atom. The molecule has 0 aliphatic heterocycles. The van der Waals surface area contributed by atoms with Gasteiger partial charge in [0.1, 0.15) is 5.75 Å². The molecule has 3 heteroatoms. The van der Waals surface area contributed by atoms with Crippen molar-refractivity contribution in [1.82, 2.24) is 4.98 Å². The Balaban J connectivity index is 2.88. The first kappa shape index (κ1) is 11.9. The fourth-order valence-electron chi connectivity index (χ4n) is 2.11. The van der Waals surface area contributed by atoms with Gasteiger partial charge in [-0.05, 0) is 38.0 Å². The number of benzene rings is 1. The topological polar surface area (TPSA) is 48.1 Å².